The van der Waals surface area contributed by atoms with Crippen molar-refractivity contribution in [1.29, 1.82) is 0 Å². The van der Waals surface area contributed by atoms with Crippen LogP contribution >= 0.6 is 7.82 Å². The molecule has 59 heavy (non-hydrogen) atoms. The van der Waals surface area contributed by atoms with Crippen molar-refractivity contribution in [3.8, 4) is 0 Å². The van der Waals surface area contributed by atoms with Gasteiger partial charge in [0.05, 0.1) is 32.0 Å². The van der Waals surface area contributed by atoms with Crippen LogP contribution in [0.2, 0.25) is 0 Å². The molecule has 1 fully saturated rings. The van der Waals surface area contributed by atoms with Crippen molar-refractivity contribution in [1.82, 2.24) is 0 Å². The first-order valence-corrected chi connectivity index (χ1v) is 24.2. The molecule has 0 amide bonds. The smallest absolute Gasteiger partial charge is 0.462 e. The van der Waals surface area contributed by atoms with E-state index in [1.807, 2.05) is 12.2 Å². The molecule has 0 spiro atoms. The zero-order valence-electron chi connectivity index (χ0n) is 36.8. The summed E-state index contributed by atoms with van der Waals surface area (Å²) in [5.41, 5.74) is 0. The lowest BCUT2D eigenvalue weighted by Gasteiger charge is -2.20. The molecule has 1 rings (SSSR count). The second kappa shape index (κ2) is 37.4. The molecule has 0 bridgehead atoms. The zero-order valence-corrected chi connectivity index (χ0v) is 37.7. The van der Waals surface area contributed by atoms with Crippen LogP contribution in [0.15, 0.2) is 60.8 Å². The van der Waals surface area contributed by atoms with E-state index >= 15 is 0 Å². The molecular formula is C47H81O11P. The number of hydrogen-bond acceptors (Lipinski definition) is 10. The van der Waals surface area contributed by atoms with E-state index < -0.39 is 51.8 Å². The molecule has 5 atom stereocenters. The lowest BCUT2D eigenvalue weighted by molar-refractivity contribution is -0.161. The second-order valence-corrected chi connectivity index (χ2v) is 17.4. The first kappa shape index (κ1) is 54.6. The summed E-state index contributed by atoms with van der Waals surface area (Å²) in [4.78, 5) is 35.0. The molecule has 0 saturated carbocycles. The molecule has 0 radical (unpaired) electrons. The van der Waals surface area contributed by atoms with E-state index in [2.05, 4.69) is 73.9 Å². The van der Waals surface area contributed by atoms with Gasteiger partial charge in [-0.25, -0.2) is 4.57 Å². The predicted molar refractivity (Wildman–Crippen MR) is 237 cm³/mol. The molecule has 1 aliphatic rings. The van der Waals surface area contributed by atoms with Crippen molar-refractivity contribution < 1.29 is 52.5 Å². The fraction of sp³-hybridized carbons (Fsp3) is 0.745. The second-order valence-electron chi connectivity index (χ2n) is 15.9. The van der Waals surface area contributed by atoms with Crippen LogP contribution in [-0.4, -0.2) is 77.9 Å². The molecule has 1 aliphatic heterocycles. The Balaban J connectivity index is 2.27. The van der Waals surface area contributed by atoms with Crippen LogP contribution in [-0.2, 0) is 37.4 Å². The lowest BCUT2D eigenvalue weighted by Crippen LogP contribution is -2.29. The highest BCUT2D eigenvalue weighted by Gasteiger charge is 2.36. The van der Waals surface area contributed by atoms with E-state index in [1.54, 1.807) is 0 Å². The number of esters is 2. The minimum Gasteiger partial charge on any atom is -0.462 e. The number of ether oxygens (including phenoxy) is 3. The van der Waals surface area contributed by atoms with Gasteiger partial charge < -0.3 is 29.3 Å². The van der Waals surface area contributed by atoms with Crippen LogP contribution in [0.3, 0.4) is 0 Å². The number of phosphoric acid groups is 1. The topological polar surface area (TPSA) is 161 Å². The molecular weight excluding hydrogens is 771 g/mol. The van der Waals surface area contributed by atoms with Gasteiger partial charge in [-0.15, -0.1) is 0 Å². The highest BCUT2D eigenvalue weighted by atomic mass is 31.2. The molecule has 0 aromatic carbocycles. The van der Waals surface area contributed by atoms with E-state index in [1.165, 1.54) is 64.2 Å². The summed E-state index contributed by atoms with van der Waals surface area (Å²) in [7, 11) is -4.64. The largest absolute Gasteiger partial charge is 0.472 e. The third kappa shape index (κ3) is 36.0. The van der Waals surface area contributed by atoms with Crippen molar-refractivity contribution in [3.05, 3.63) is 60.8 Å². The first-order chi connectivity index (χ1) is 28.6. The van der Waals surface area contributed by atoms with Gasteiger partial charge in [-0.1, -0.05) is 165 Å². The normalized spacial score (nSPS) is 17.9. The molecule has 12 heteroatoms. The van der Waals surface area contributed by atoms with E-state index in [-0.39, 0.29) is 19.4 Å². The van der Waals surface area contributed by atoms with Gasteiger partial charge in [0.25, 0.3) is 0 Å². The molecule has 3 unspecified atom stereocenters. The highest BCUT2D eigenvalue weighted by molar-refractivity contribution is 7.47. The maximum absolute atomic E-state index is 12.6. The lowest BCUT2D eigenvalue weighted by atomic mass is 10.0. The molecule has 340 valence electrons. The summed E-state index contributed by atoms with van der Waals surface area (Å²) >= 11 is 0. The Morgan fingerprint density at radius 2 is 1.14 bits per heavy atom. The average Bonchev–Trinajstić information content (AvgIpc) is 3.97. The molecule has 0 aromatic heterocycles. The fourth-order valence-electron chi connectivity index (χ4n) is 6.19. The van der Waals surface area contributed by atoms with Crippen molar-refractivity contribution in [2.24, 2.45) is 5.92 Å². The van der Waals surface area contributed by atoms with Gasteiger partial charge in [0, 0.05) is 12.8 Å². The minimum atomic E-state index is -4.64. The Morgan fingerprint density at radius 3 is 1.68 bits per heavy atom. The summed E-state index contributed by atoms with van der Waals surface area (Å²) in [6, 6.07) is 0. The maximum Gasteiger partial charge on any atom is 0.472 e. The Hall–Kier alpha value is -2.37. The number of hydrogen-bond donors (Lipinski definition) is 3. The number of carbonyl (C=O) groups excluding carboxylic acids is 2. The standard InChI is InChI=1S/C47H81O11P/c1-4-5-27-33-44-45(58-44)34-29-24-20-16-12-9-10-13-17-21-25-30-35-46(50)54-39-43(40-56-59(52,53)55-38-42(49)37-48)57-47(51)36-31-26-22-18-14-8-6-7-11-15-19-23-28-32-41(2)3/h5,10,12-13,16,21,24-25,27,29,41-45,48-49H,4,6-9,11,14-15,17-20,22-23,26,28,30-40H2,1-3H3,(H,52,53)/b13-10-,16-12-,25-21-,27-5-,29-24-/t42-,43+,44?,45?/m0/s1. The first-order valence-electron chi connectivity index (χ1n) is 22.7. The third-order valence-electron chi connectivity index (χ3n) is 9.78. The van der Waals surface area contributed by atoms with E-state index in [9.17, 15) is 24.2 Å². The van der Waals surface area contributed by atoms with Crippen LogP contribution in [0.1, 0.15) is 168 Å². The third-order valence-corrected chi connectivity index (χ3v) is 10.7. The molecule has 3 N–H and O–H groups in total. The predicted octanol–water partition coefficient (Wildman–Crippen LogP) is 11.1. The Labute approximate surface area is 357 Å². The summed E-state index contributed by atoms with van der Waals surface area (Å²) in [5.74, 6) is -0.218. The Kier molecular flexibility index (Phi) is 34.6. The van der Waals surface area contributed by atoms with Crippen LogP contribution in [0, 0.1) is 5.92 Å². The average molecular weight is 853 g/mol. The van der Waals surface area contributed by atoms with Crippen molar-refractivity contribution in [2.45, 2.75) is 193 Å². The van der Waals surface area contributed by atoms with Crippen LogP contribution in [0.5, 0.6) is 0 Å². The van der Waals surface area contributed by atoms with Crippen molar-refractivity contribution in [2.75, 3.05) is 26.4 Å². The minimum absolute atomic E-state index is 0.112. The number of aliphatic hydroxyl groups excluding tert-OH is 2. The Bertz CT molecular complexity index is 1240. The summed E-state index contributed by atoms with van der Waals surface area (Å²) < 4.78 is 38.4. The van der Waals surface area contributed by atoms with E-state index in [0.29, 0.717) is 25.0 Å². The molecule has 1 saturated heterocycles. The van der Waals surface area contributed by atoms with Crippen molar-refractivity contribution in [3.63, 3.8) is 0 Å². The fourth-order valence-corrected chi connectivity index (χ4v) is 6.98. The van der Waals surface area contributed by atoms with Gasteiger partial charge in [0.1, 0.15) is 12.7 Å². The van der Waals surface area contributed by atoms with Gasteiger partial charge in [0.15, 0.2) is 6.10 Å². The zero-order chi connectivity index (χ0) is 43.2. The van der Waals surface area contributed by atoms with Crippen molar-refractivity contribution >= 4 is 19.8 Å². The number of carbonyl (C=O) groups is 2. The summed E-state index contributed by atoms with van der Waals surface area (Å²) in [6.45, 7) is 4.50. The van der Waals surface area contributed by atoms with Gasteiger partial charge >= 0.3 is 19.8 Å². The van der Waals surface area contributed by atoms with Crippen LogP contribution in [0.25, 0.3) is 0 Å². The van der Waals surface area contributed by atoms with Gasteiger partial charge in [-0.2, -0.15) is 0 Å². The number of allylic oxidation sites excluding steroid dienone is 8. The number of aliphatic hydroxyl groups is 2. The summed E-state index contributed by atoms with van der Waals surface area (Å²) in [6.07, 6.45) is 42.4. The molecule has 11 nitrogen and oxygen atoms in total. The van der Waals surface area contributed by atoms with E-state index in [0.717, 1.165) is 63.7 Å². The van der Waals surface area contributed by atoms with Gasteiger partial charge in [-0.05, 0) is 57.3 Å². The summed E-state index contributed by atoms with van der Waals surface area (Å²) in [5, 5.41) is 18.4. The number of phosphoric ester groups is 1. The van der Waals surface area contributed by atoms with Crippen LogP contribution in [0.4, 0.5) is 0 Å². The van der Waals surface area contributed by atoms with E-state index in [4.69, 9.17) is 23.8 Å². The number of rotatable bonds is 40. The number of epoxide rings is 1. The SMILES string of the molecule is CC/C=C\CC1OC1C/C=C\C/C=C\C/C=C\C/C=C\CCC(=O)OC[C@H](COP(=O)(O)OC[C@@H](O)CO)OC(=O)CCCCCCCCCCCCCCCC(C)C. The quantitative estimate of drug-likeness (QED) is 0.0177. The molecule has 0 aliphatic carbocycles. The molecule has 0 aromatic rings. The molecule has 1 heterocycles. The monoisotopic (exact) mass is 853 g/mol. The maximum atomic E-state index is 12.6. The van der Waals surface area contributed by atoms with Gasteiger partial charge in [0.2, 0.25) is 0 Å². The number of unbranched alkanes of at least 4 members (excludes halogenated alkanes) is 12. The van der Waals surface area contributed by atoms with Crippen LogP contribution < -0.4 is 0 Å². The Morgan fingerprint density at radius 1 is 0.644 bits per heavy atom. The van der Waals surface area contributed by atoms with Gasteiger partial charge in [-0.3, -0.25) is 18.6 Å². The highest BCUT2D eigenvalue weighted by Crippen LogP contribution is 2.43.